The second-order valence-corrected chi connectivity index (χ2v) is 5.03. The fourth-order valence-corrected chi connectivity index (χ4v) is 1.35. The zero-order valence-corrected chi connectivity index (χ0v) is 10.7. The van der Waals surface area contributed by atoms with Crippen molar-refractivity contribution in [1.82, 2.24) is 0 Å². The van der Waals surface area contributed by atoms with Crippen LogP contribution in [0.2, 0.25) is 10.0 Å². The van der Waals surface area contributed by atoms with Crippen LogP contribution in [0.4, 0.5) is 0 Å². The van der Waals surface area contributed by atoms with Crippen molar-refractivity contribution in [3.63, 3.8) is 0 Å². The Hall–Kier alpha value is -0.770. The molecule has 0 spiro atoms. The molecule has 0 aliphatic carbocycles. The average Bonchev–Trinajstić information content (AvgIpc) is 2.13. The molecule has 0 aliphatic heterocycles. The molecule has 88 valence electrons. The Kier molecular flexibility index (Phi) is 4.19. The van der Waals surface area contributed by atoms with E-state index >= 15 is 0 Å². The van der Waals surface area contributed by atoms with E-state index in [0.29, 0.717) is 5.02 Å². The number of halogens is 2. The molecule has 0 heterocycles. The van der Waals surface area contributed by atoms with Crippen LogP contribution < -0.4 is 0 Å². The molecule has 3 nitrogen and oxygen atoms in total. The van der Waals surface area contributed by atoms with E-state index in [4.69, 9.17) is 28.1 Å². The molecule has 5 heteroatoms. The van der Waals surface area contributed by atoms with Crippen molar-refractivity contribution >= 4 is 29.2 Å². The highest BCUT2D eigenvalue weighted by Gasteiger charge is 2.18. The summed E-state index contributed by atoms with van der Waals surface area (Å²) in [5.74, 6) is -0.642. The maximum Gasteiger partial charge on any atom is 0.374 e. The Labute approximate surface area is 104 Å². The fourth-order valence-electron chi connectivity index (χ4n) is 0.863. The van der Waals surface area contributed by atoms with E-state index in [1.54, 1.807) is 26.8 Å². The minimum absolute atomic E-state index is 0.218. The van der Waals surface area contributed by atoms with Crippen LogP contribution in [0, 0.1) is 0 Å². The van der Waals surface area contributed by atoms with Crippen molar-refractivity contribution in [2.24, 2.45) is 0 Å². The van der Waals surface area contributed by atoms with Crippen LogP contribution in [0.25, 0.3) is 0 Å². The van der Waals surface area contributed by atoms with Crippen molar-refractivity contribution in [3.05, 3.63) is 33.8 Å². The van der Waals surface area contributed by atoms with Gasteiger partial charge in [-0.25, -0.2) is 4.79 Å². The fraction of sp³-hybridized carbons (Fsp3) is 0.364. The molecule has 0 radical (unpaired) electrons. The third-order valence-corrected chi connectivity index (χ3v) is 2.07. The third kappa shape index (κ3) is 4.00. The molecule has 0 unspecified atom stereocenters. The standard InChI is InChI=1S/C11H12Cl2O3/c1-11(2,3)16-15-10(14)8-5-4-7(12)6-9(8)13/h4-6H,1-3H3. The number of hydrogen-bond acceptors (Lipinski definition) is 3. The molecule has 0 atom stereocenters. The van der Waals surface area contributed by atoms with Crippen molar-refractivity contribution in [2.75, 3.05) is 0 Å². The van der Waals surface area contributed by atoms with Crippen LogP contribution in [-0.4, -0.2) is 11.6 Å². The van der Waals surface area contributed by atoms with Gasteiger partial charge in [-0.2, -0.15) is 4.89 Å². The quantitative estimate of drug-likeness (QED) is 0.600. The van der Waals surface area contributed by atoms with Gasteiger partial charge in [0.15, 0.2) is 0 Å². The first-order valence-electron chi connectivity index (χ1n) is 4.65. The van der Waals surface area contributed by atoms with Crippen LogP contribution in [0.3, 0.4) is 0 Å². The van der Waals surface area contributed by atoms with Gasteiger partial charge in [-0.05, 0) is 39.0 Å². The van der Waals surface area contributed by atoms with Gasteiger partial charge >= 0.3 is 5.97 Å². The number of carbonyl (C=O) groups excluding carboxylic acids is 1. The van der Waals surface area contributed by atoms with E-state index in [-0.39, 0.29) is 10.6 Å². The minimum Gasteiger partial charge on any atom is -0.292 e. The topological polar surface area (TPSA) is 35.5 Å². The molecule has 0 aromatic heterocycles. The molecule has 0 aliphatic rings. The Balaban J connectivity index is 2.74. The van der Waals surface area contributed by atoms with Gasteiger partial charge in [0.25, 0.3) is 0 Å². The lowest BCUT2D eigenvalue weighted by molar-refractivity contribution is -0.301. The van der Waals surface area contributed by atoms with Gasteiger partial charge in [-0.3, -0.25) is 4.89 Å². The SMILES string of the molecule is CC(C)(C)OOC(=O)c1ccc(Cl)cc1Cl. The highest BCUT2D eigenvalue weighted by molar-refractivity contribution is 6.36. The molecule has 0 saturated heterocycles. The molecule has 0 N–H and O–H groups in total. The summed E-state index contributed by atoms with van der Waals surface area (Å²) >= 11 is 11.5. The van der Waals surface area contributed by atoms with Crippen LogP contribution in [-0.2, 0) is 9.78 Å². The zero-order valence-electron chi connectivity index (χ0n) is 9.21. The number of benzene rings is 1. The smallest absolute Gasteiger partial charge is 0.292 e. The summed E-state index contributed by atoms with van der Waals surface area (Å²) in [6.45, 7) is 5.30. The summed E-state index contributed by atoms with van der Waals surface area (Å²) in [5, 5.41) is 0.688. The van der Waals surface area contributed by atoms with Crippen LogP contribution in [0.15, 0.2) is 18.2 Å². The molecule has 0 fully saturated rings. The van der Waals surface area contributed by atoms with E-state index in [2.05, 4.69) is 4.89 Å². The molecule has 0 amide bonds. The van der Waals surface area contributed by atoms with E-state index < -0.39 is 11.6 Å². The molecular formula is C11H12Cl2O3. The first-order valence-corrected chi connectivity index (χ1v) is 5.40. The van der Waals surface area contributed by atoms with Gasteiger partial charge in [0.2, 0.25) is 0 Å². The lowest BCUT2D eigenvalue weighted by Gasteiger charge is -2.16. The molecular weight excluding hydrogens is 251 g/mol. The van der Waals surface area contributed by atoms with Gasteiger partial charge < -0.3 is 0 Å². The zero-order chi connectivity index (χ0) is 12.3. The summed E-state index contributed by atoms with van der Waals surface area (Å²) in [6, 6.07) is 4.51. The predicted molar refractivity (Wildman–Crippen MR) is 62.7 cm³/mol. The Bertz CT molecular complexity index is 397. The van der Waals surface area contributed by atoms with Crippen molar-refractivity contribution in [3.8, 4) is 0 Å². The van der Waals surface area contributed by atoms with Gasteiger partial charge in [0.05, 0.1) is 10.6 Å². The summed E-state index contributed by atoms with van der Waals surface area (Å²) in [4.78, 5) is 21.1. The first kappa shape index (κ1) is 13.3. The van der Waals surface area contributed by atoms with Crippen molar-refractivity contribution in [2.45, 2.75) is 26.4 Å². The summed E-state index contributed by atoms with van der Waals surface area (Å²) in [7, 11) is 0. The van der Waals surface area contributed by atoms with Crippen molar-refractivity contribution in [1.29, 1.82) is 0 Å². The van der Waals surface area contributed by atoms with Crippen LogP contribution >= 0.6 is 23.2 Å². The first-order chi connectivity index (χ1) is 7.29. The number of carbonyl (C=O) groups is 1. The second kappa shape index (κ2) is 5.04. The lowest BCUT2D eigenvalue weighted by Crippen LogP contribution is -2.22. The lowest BCUT2D eigenvalue weighted by atomic mass is 10.2. The summed E-state index contributed by atoms with van der Waals surface area (Å²) in [5.41, 5.74) is -0.343. The van der Waals surface area contributed by atoms with E-state index in [0.717, 1.165) is 0 Å². The minimum atomic E-state index is -0.642. The molecule has 0 saturated carbocycles. The predicted octanol–water partition coefficient (Wildman–Crippen LogP) is 3.88. The van der Waals surface area contributed by atoms with Crippen LogP contribution in [0.1, 0.15) is 31.1 Å². The largest absolute Gasteiger partial charge is 0.374 e. The van der Waals surface area contributed by atoms with Gasteiger partial charge in [-0.15, -0.1) is 0 Å². The number of rotatable bonds is 2. The summed E-state index contributed by atoms with van der Waals surface area (Å²) < 4.78 is 0. The molecule has 1 aromatic rings. The average molecular weight is 263 g/mol. The number of hydrogen-bond donors (Lipinski definition) is 0. The maximum absolute atomic E-state index is 11.5. The Morgan fingerprint density at radius 3 is 2.38 bits per heavy atom. The van der Waals surface area contributed by atoms with E-state index in [1.807, 2.05) is 0 Å². The van der Waals surface area contributed by atoms with Crippen molar-refractivity contribution < 1.29 is 14.6 Å². The van der Waals surface area contributed by atoms with E-state index in [1.165, 1.54) is 12.1 Å². The summed E-state index contributed by atoms with van der Waals surface area (Å²) in [6.07, 6.45) is 0. The van der Waals surface area contributed by atoms with E-state index in [9.17, 15) is 4.79 Å². The molecule has 16 heavy (non-hydrogen) atoms. The molecule has 1 rings (SSSR count). The normalized spacial score (nSPS) is 11.3. The Morgan fingerprint density at radius 1 is 1.25 bits per heavy atom. The monoisotopic (exact) mass is 262 g/mol. The third-order valence-electron chi connectivity index (χ3n) is 1.52. The van der Waals surface area contributed by atoms with Crippen LogP contribution in [0.5, 0.6) is 0 Å². The second-order valence-electron chi connectivity index (χ2n) is 4.19. The van der Waals surface area contributed by atoms with Gasteiger partial charge in [0.1, 0.15) is 5.60 Å². The molecule has 1 aromatic carbocycles. The maximum atomic E-state index is 11.5. The highest BCUT2D eigenvalue weighted by atomic mass is 35.5. The van der Waals surface area contributed by atoms with Gasteiger partial charge in [0, 0.05) is 5.02 Å². The van der Waals surface area contributed by atoms with Gasteiger partial charge in [-0.1, -0.05) is 23.2 Å². The Morgan fingerprint density at radius 2 is 1.88 bits per heavy atom. The molecule has 0 bridgehead atoms. The highest BCUT2D eigenvalue weighted by Crippen LogP contribution is 2.22.